The van der Waals surface area contributed by atoms with Gasteiger partial charge in [-0.25, -0.2) is 4.98 Å². The number of nitrogens with zero attached hydrogens (tertiary/aromatic N) is 3. The molecule has 0 amide bonds. The van der Waals surface area contributed by atoms with E-state index in [0.717, 1.165) is 0 Å². The molecule has 5 nitrogen and oxygen atoms in total. The van der Waals surface area contributed by atoms with Gasteiger partial charge < -0.3 is 9.72 Å². The Morgan fingerprint density at radius 2 is 1.90 bits per heavy atom. The molecule has 0 unspecified atom stereocenters. The lowest BCUT2D eigenvalue weighted by atomic mass is 10.3. The Morgan fingerprint density at radius 1 is 1.10 bits per heavy atom. The molecule has 0 fully saturated rings. The van der Waals surface area contributed by atoms with Crippen LogP contribution in [0.1, 0.15) is 0 Å². The highest BCUT2D eigenvalue weighted by Crippen LogP contribution is 2.37. The first-order chi connectivity index (χ1) is 9.54. The molecule has 0 spiro atoms. The van der Waals surface area contributed by atoms with Crippen molar-refractivity contribution in [1.82, 2.24) is 19.9 Å². The molecule has 20 heavy (non-hydrogen) atoms. The number of hydrogen-bond acceptors (Lipinski definition) is 4. The van der Waals surface area contributed by atoms with Crippen LogP contribution in [-0.2, 0) is 0 Å². The highest BCUT2D eigenvalue weighted by molar-refractivity contribution is 9.10. The van der Waals surface area contributed by atoms with Crippen molar-refractivity contribution in [3.8, 4) is 11.6 Å². The SMILES string of the molecule is Clc1nc(Oc2cc(Cl)c(Br)cc2Cl)c2[nH]cnc2n1. The van der Waals surface area contributed by atoms with Crippen LogP contribution in [-0.4, -0.2) is 19.9 Å². The van der Waals surface area contributed by atoms with E-state index >= 15 is 0 Å². The Labute approximate surface area is 136 Å². The Bertz CT molecular complexity index is 808. The number of ether oxygens (including phenoxy) is 1. The normalized spacial score (nSPS) is 11.0. The highest BCUT2D eigenvalue weighted by Gasteiger charge is 2.14. The van der Waals surface area contributed by atoms with E-state index in [9.17, 15) is 0 Å². The lowest BCUT2D eigenvalue weighted by Gasteiger charge is -2.08. The van der Waals surface area contributed by atoms with Crippen molar-refractivity contribution < 1.29 is 4.74 Å². The Hall–Kier alpha value is -1.08. The fourth-order valence-corrected chi connectivity index (χ4v) is 2.53. The fraction of sp³-hybridized carbons (Fsp3) is 0. The van der Waals surface area contributed by atoms with E-state index in [1.807, 2.05) is 0 Å². The van der Waals surface area contributed by atoms with Gasteiger partial charge in [-0.15, -0.1) is 0 Å². The minimum absolute atomic E-state index is 0.0268. The molecule has 0 bridgehead atoms. The molecule has 9 heteroatoms. The maximum atomic E-state index is 6.10. The molecular formula is C11H4BrCl3N4O. The average molecular weight is 394 g/mol. The van der Waals surface area contributed by atoms with Crippen LogP contribution < -0.4 is 4.74 Å². The van der Waals surface area contributed by atoms with Gasteiger partial charge in [0.15, 0.2) is 5.65 Å². The summed E-state index contributed by atoms with van der Waals surface area (Å²) >= 11 is 21.2. The van der Waals surface area contributed by atoms with Crippen LogP contribution in [0.15, 0.2) is 22.9 Å². The molecule has 0 atom stereocenters. The largest absolute Gasteiger partial charge is 0.435 e. The summed E-state index contributed by atoms with van der Waals surface area (Å²) < 4.78 is 6.32. The third kappa shape index (κ3) is 2.56. The van der Waals surface area contributed by atoms with Gasteiger partial charge in [0.1, 0.15) is 11.3 Å². The van der Waals surface area contributed by atoms with E-state index in [1.54, 1.807) is 12.1 Å². The van der Waals surface area contributed by atoms with Crippen LogP contribution in [0.25, 0.3) is 11.2 Å². The lowest BCUT2D eigenvalue weighted by molar-refractivity contribution is 0.467. The third-order valence-electron chi connectivity index (χ3n) is 2.41. The second-order valence-corrected chi connectivity index (χ2v) is 5.70. The molecule has 0 aliphatic carbocycles. The topological polar surface area (TPSA) is 63.7 Å². The van der Waals surface area contributed by atoms with Gasteiger partial charge in [-0.2, -0.15) is 9.97 Å². The van der Waals surface area contributed by atoms with Gasteiger partial charge in [0.25, 0.3) is 0 Å². The second-order valence-electron chi connectivity index (χ2n) is 3.70. The molecule has 0 saturated carbocycles. The molecule has 3 aromatic rings. The molecule has 2 heterocycles. The van der Waals surface area contributed by atoms with Gasteiger partial charge >= 0.3 is 0 Å². The number of H-pyrrole nitrogens is 1. The summed E-state index contributed by atoms with van der Waals surface area (Å²) in [5, 5.41) is 0.869. The summed E-state index contributed by atoms with van der Waals surface area (Å²) in [6.45, 7) is 0. The quantitative estimate of drug-likeness (QED) is 0.498. The first kappa shape index (κ1) is 13.9. The lowest BCUT2D eigenvalue weighted by Crippen LogP contribution is -1.93. The zero-order chi connectivity index (χ0) is 14.3. The van der Waals surface area contributed by atoms with Crippen LogP contribution in [0.4, 0.5) is 0 Å². The number of nitrogens with one attached hydrogen (secondary N) is 1. The van der Waals surface area contributed by atoms with E-state index in [4.69, 9.17) is 39.5 Å². The molecule has 0 aliphatic rings. The standard InChI is InChI=1S/C11H4BrCl3N4O/c12-4-1-6(14)7(2-5(4)13)20-10-8-9(17-3-16-8)18-11(15)19-10/h1-3H,(H,16,17,18,19). The number of imidazole rings is 1. The Morgan fingerprint density at radius 3 is 2.70 bits per heavy atom. The van der Waals surface area contributed by atoms with Crippen molar-refractivity contribution in [2.75, 3.05) is 0 Å². The molecule has 0 aliphatic heterocycles. The van der Waals surface area contributed by atoms with Gasteiger partial charge in [0.2, 0.25) is 11.2 Å². The number of hydrogen-bond donors (Lipinski definition) is 1. The number of halogens is 4. The van der Waals surface area contributed by atoms with Crippen molar-refractivity contribution in [3.63, 3.8) is 0 Å². The smallest absolute Gasteiger partial charge is 0.250 e. The zero-order valence-corrected chi connectivity index (χ0v) is 13.3. The van der Waals surface area contributed by atoms with Crippen LogP contribution in [0.2, 0.25) is 15.3 Å². The monoisotopic (exact) mass is 392 g/mol. The second kappa shape index (κ2) is 5.37. The highest BCUT2D eigenvalue weighted by atomic mass is 79.9. The summed E-state index contributed by atoms with van der Waals surface area (Å²) in [7, 11) is 0. The predicted molar refractivity (Wildman–Crippen MR) is 80.9 cm³/mol. The molecule has 2 aromatic heterocycles. The summed E-state index contributed by atoms with van der Waals surface area (Å²) in [6.07, 6.45) is 1.47. The van der Waals surface area contributed by atoms with Crippen LogP contribution in [0.5, 0.6) is 11.6 Å². The van der Waals surface area contributed by atoms with E-state index in [2.05, 4.69) is 35.9 Å². The summed E-state index contributed by atoms with van der Waals surface area (Å²) in [5.41, 5.74) is 0.920. The first-order valence-corrected chi connectivity index (χ1v) is 7.16. The zero-order valence-electron chi connectivity index (χ0n) is 9.49. The van der Waals surface area contributed by atoms with Gasteiger partial charge in [0.05, 0.1) is 16.4 Å². The van der Waals surface area contributed by atoms with Crippen molar-refractivity contribution >= 4 is 61.9 Å². The maximum Gasteiger partial charge on any atom is 0.250 e. The first-order valence-electron chi connectivity index (χ1n) is 5.23. The van der Waals surface area contributed by atoms with E-state index in [1.165, 1.54) is 6.33 Å². The summed E-state index contributed by atoms with van der Waals surface area (Å²) in [6, 6.07) is 3.21. The van der Waals surface area contributed by atoms with Gasteiger partial charge in [-0.05, 0) is 33.6 Å². The van der Waals surface area contributed by atoms with Crippen molar-refractivity contribution in [2.45, 2.75) is 0 Å². The minimum Gasteiger partial charge on any atom is -0.435 e. The van der Waals surface area contributed by atoms with Crippen LogP contribution >= 0.6 is 50.7 Å². The molecule has 1 N–H and O–H groups in total. The molecule has 1 aromatic carbocycles. The number of aromatic nitrogens is 4. The number of benzene rings is 1. The van der Waals surface area contributed by atoms with Crippen LogP contribution in [0.3, 0.4) is 0 Å². The molecule has 0 radical (unpaired) electrons. The minimum atomic E-state index is 0.0268. The van der Waals surface area contributed by atoms with Gasteiger partial charge in [0, 0.05) is 10.5 Å². The van der Waals surface area contributed by atoms with E-state index in [-0.39, 0.29) is 11.2 Å². The third-order valence-corrected chi connectivity index (χ3v) is 4.07. The van der Waals surface area contributed by atoms with Gasteiger partial charge in [-0.3, -0.25) is 0 Å². The number of fused-ring (bicyclic) bond motifs is 1. The molecule has 0 saturated heterocycles. The maximum absolute atomic E-state index is 6.10. The summed E-state index contributed by atoms with van der Waals surface area (Å²) in [5.74, 6) is 0.573. The van der Waals surface area contributed by atoms with E-state index in [0.29, 0.717) is 31.4 Å². The van der Waals surface area contributed by atoms with Crippen molar-refractivity contribution in [2.24, 2.45) is 0 Å². The van der Waals surface area contributed by atoms with Crippen LogP contribution in [0, 0.1) is 0 Å². The van der Waals surface area contributed by atoms with Crippen molar-refractivity contribution in [3.05, 3.63) is 38.3 Å². The average Bonchev–Trinajstić information content (AvgIpc) is 2.84. The summed E-state index contributed by atoms with van der Waals surface area (Å²) in [4.78, 5) is 14.8. The number of rotatable bonds is 2. The predicted octanol–water partition coefficient (Wildman–Crippen LogP) is 4.87. The van der Waals surface area contributed by atoms with Crippen molar-refractivity contribution in [1.29, 1.82) is 0 Å². The fourth-order valence-electron chi connectivity index (χ4n) is 1.54. The van der Waals surface area contributed by atoms with E-state index < -0.39 is 0 Å². The molecule has 102 valence electrons. The van der Waals surface area contributed by atoms with Gasteiger partial charge in [-0.1, -0.05) is 23.2 Å². The Balaban J connectivity index is 2.09. The molecule has 3 rings (SSSR count). The molecular weight excluding hydrogens is 390 g/mol. The Kier molecular flexibility index (Phi) is 3.72. The number of aromatic amines is 1.